The minimum absolute atomic E-state index is 0.226. The second-order valence-corrected chi connectivity index (χ2v) is 8.52. The van der Waals surface area contributed by atoms with Crippen LogP contribution in [0.1, 0.15) is 54.7 Å². The van der Waals surface area contributed by atoms with E-state index in [1.165, 1.54) is 17.5 Å². The van der Waals surface area contributed by atoms with E-state index < -0.39 is 0 Å². The van der Waals surface area contributed by atoms with Gasteiger partial charge in [0.2, 0.25) is 0 Å². The molecular formula is C25H33N5O. The fourth-order valence-electron chi connectivity index (χ4n) is 4.59. The van der Waals surface area contributed by atoms with E-state index in [4.69, 9.17) is 10.6 Å². The van der Waals surface area contributed by atoms with Gasteiger partial charge in [-0.1, -0.05) is 24.3 Å². The van der Waals surface area contributed by atoms with E-state index in [1.807, 2.05) is 12.3 Å². The number of aliphatic imine (C=N–C) groups is 1. The molecule has 1 atom stereocenters. The molecule has 2 fully saturated rings. The number of nitrogens with zero attached hydrogens (tertiary/aromatic N) is 4. The number of aromatic nitrogens is 1. The summed E-state index contributed by atoms with van der Waals surface area (Å²) in [6.07, 6.45) is 9.62. The zero-order valence-corrected chi connectivity index (χ0v) is 18.4. The Morgan fingerprint density at radius 3 is 2.74 bits per heavy atom. The lowest BCUT2D eigenvalue weighted by Crippen LogP contribution is -2.33. The van der Waals surface area contributed by atoms with Crippen LogP contribution >= 0.6 is 0 Å². The Kier molecular flexibility index (Phi) is 7.30. The highest BCUT2D eigenvalue weighted by molar-refractivity contribution is 6.38. The van der Waals surface area contributed by atoms with Crippen LogP contribution in [0.4, 0.5) is 5.82 Å². The first-order valence-corrected chi connectivity index (χ1v) is 11.4. The summed E-state index contributed by atoms with van der Waals surface area (Å²) in [5, 5.41) is 4.00. The summed E-state index contributed by atoms with van der Waals surface area (Å²) in [5.41, 5.74) is 4.36. The van der Waals surface area contributed by atoms with Crippen LogP contribution in [-0.2, 0) is 4.74 Å². The zero-order valence-electron chi connectivity index (χ0n) is 18.4. The largest absolute Gasteiger partial charge is 0.376 e. The van der Waals surface area contributed by atoms with Gasteiger partial charge in [-0.05, 0) is 68.2 Å². The Hall–Kier alpha value is -2.73. The highest BCUT2D eigenvalue weighted by atomic mass is 16.5. The lowest BCUT2D eigenvalue weighted by molar-refractivity contribution is 0.0226. The number of ether oxygens (including phenoxy) is 1. The Bertz CT molecular complexity index is 897. The van der Waals surface area contributed by atoms with Crippen molar-refractivity contribution in [2.45, 2.75) is 51.0 Å². The van der Waals surface area contributed by atoms with Crippen LogP contribution in [0.2, 0.25) is 0 Å². The Morgan fingerprint density at radius 1 is 1.19 bits per heavy atom. The van der Waals surface area contributed by atoms with Gasteiger partial charge in [-0.3, -0.25) is 4.99 Å². The molecule has 0 bridgehead atoms. The normalized spacial score (nSPS) is 21.0. The third kappa shape index (κ3) is 5.50. The zero-order chi connectivity index (χ0) is 21.5. The number of hydrazone groups is 1. The van der Waals surface area contributed by atoms with E-state index in [0.29, 0.717) is 12.5 Å². The molecule has 1 aromatic carbocycles. The number of nitrogens with two attached hydrogens (primary N) is 1. The number of rotatable bonds is 6. The van der Waals surface area contributed by atoms with Crippen molar-refractivity contribution in [3.05, 3.63) is 59.3 Å². The van der Waals surface area contributed by atoms with Crippen LogP contribution in [0.3, 0.4) is 0 Å². The second kappa shape index (κ2) is 10.5. The number of benzene rings is 1. The molecule has 4 rings (SSSR count). The van der Waals surface area contributed by atoms with Gasteiger partial charge < -0.3 is 15.5 Å². The Balaban J connectivity index is 1.37. The molecule has 2 saturated heterocycles. The van der Waals surface area contributed by atoms with Crippen LogP contribution in [0.25, 0.3) is 0 Å². The molecular weight excluding hydrogens is 386 g/mol. The maximum atomic E-state index is 5.75. The molecule has 2 aliphatic rings. The van der Waals surface area contributed by atoms with E-state index in [1.54, 1.807) is 6.21 Å². The van der Waals surface area contributed by atoms with E-state index in [-0.39, 0.29) is 6.10 Å². The molecule has 1 unspecified atom stereocenters. The van der Waals surface area contributed by atoms with Gasteiger partial charge in [0.1, 0.15) is 11.5 Å². The number of anilines is 1. The first-order chi connectivity index (χ1) is 15.2. The molecule has 2 N–H and O–H groups in total. The van der Waals surface area contributed by atoms with Gasteiger partial charge in [-0.15, -0.1) is 0 Å². The van der Waals surface area contributed by atoms with Crippen molar-refractivity contribution in [2.24, 2.45) is 15.9 Å². The average Bonchev–Trinajstić information content (AvgIpc) is 2.83. The van der Waals surface area contributed by atoms with Crippen LogP contribution in [0.5, 0.6) is 0 Å². The number of hydrogen-bond acceptors (Lipinski definition) is 6. The third-order valence-corrected chi connectivity index (χ3v) is 6.40. The first kappa shape index (κ1) is 21.5. The maximum absolute atomic E-state index is 5.75. The van der Waals surface area contributed by atoms with Crippen molar-refractivity contribution in [2.75, 3.05) is 31.1 Å². The molecule has 0 radical (unpaired) electrons. The molecule has 31 heavy (non-hydrogen) atoms. The standard InChI is InChI=1S/C25H33N5O/c1-19-16-21(20-10-13-30(14-11-20)25-7-2-4-12-28-25)8-9-23(19)24(29-26)18-27-17-22-6-3-5-15-31-22/h2,4,7-9,12,16,18,20,22H,3,5-6,10-11,13-15,17,26H2,1H3/b27-18?,29-24+. The van der Waals surface area contributed by atoms with Gasteiger partial charge in [0.15, 0.2) is 0 Å². The number of pyridine rings is 1. The van der Waals surface area contributed by atoms with Crippen molar-refractivity contribution in [1.82, 2.24) is 4.98 Å². The molecule has 2 aromatic rings. The lowest BCUT2D eigenvalue weighted by atomic mass is 9.87. The third-order valence-electron chi connectivity index (χ3n) is 6.40. The maximum Gasteiger partial charge on any atom is 0.128 e. The molecule has 3 heterocycles. The van der Waals surface area contributed by atoms with Gasteiger partial charge in [0.25, 0.3) is 0 Å². The summed E-state index contributed by atoms with van der Waals surface area (Å²) in [7, 11) is 0. The van der Waals surface area contributed by atoms with Crippen LogP contribution < -0.4 is 10.7 Å². The summed E-state index contributed by atoms with van der Waals surface area (Å²) < 4.78 is 5.75. The lowest BCUT2D eigenvalue weighted by Gasteiger charge is -2.33. The van der Waals surface area contributed by atoms with E-state index in [0.717, 1.165) is 62.5 Å². The monoisotopic (exact) mass is 419 g/mol. The van der Waals surface area contributed by atoms with Crippen molar-refractivity contribution >= 4 is 17.7 Å². The fraction of sp³-hybridized carbons (Fsp3) is 0.480. The number of hydrogen-bond donors (Lipinski definition) is 1. The van der Waals surface area contributed by atoms with E-state index in [9.17, 15) is 0 Å². The predicted octanol–water partition coefficient (Wildman–Crippen LogP) is 4.08. The molecule has 0 saturated carbocycles. The summed E-state index contributed by atoms with van der Waals surface area (Å²) in [5.74, 6) is 7.35. The minimum atomic E-state index is 0.226. The van der Waals surface area contributed by atoms with Crippen molar-refractivity contribution in [3.63, 3.8) is 0 Å². The molecule has 0 spiro atoms. The summed E-state index contributed by atoms with van der Waals surface area (Å²) in [6, 6.07) is 12.8. The second-order valence-electron chi connectivity index (χ2n) is 8.52. The number of aryl methyl sites for hydroxylation is 1. The Labute approximate surface area is 185 Å². The van der Waals surface area contributed by atoms with Crippen molar-refractivity contribution < 1.29 is 4.74 Å². The number of piperidine rings is 1. The minimum Gasteiger partial charge on any atom is -0.376 e. The van der Waals surface area contributed by atoms with Gasteiger partial charge >= 0.3 is 0 Å². The summed E-state index contributed by atoms with van der Waals surface area (Å²) in [6.45, 7) is 5.72. The van der Waals surface area contributed by atoms with E-state index in [2.05, 4.69) is 57.2 Å². The summed E-state index contributed by atoms with van der Waals surface area (Å²) in [4.78, 5) is 11.4. The topological polar surface area (TPSA) is 76.1 Å². The highest BCUT2D eigenvalue weighted by Gasteiger charge is 2.22. The SMILES string of the molecule is Cc1cc(C2CCN(c3ccccn3)CC2)ccc1/C(C=NCC1CCCCO1)=N/N. The van der Waals surface area contributed by atoms with Gasteiger partial charge in [-0.2, -0.15) is 5.10 Å². The van der Waals surface area contributed by atoms with E-state index >= 15 is 0 Å². The Morgan fingerprint density at radius 2 is 2.06 bits per heavy atom. The molecule has 0 aliphatic carbocycles. The van der Waals surface area contributed by atoms with Crippen LogP contribution in [0, 0.1) is 6.92 Å². The first-order valence-electron chi connectivity index (χ1n) is 11.4. The van der Waals surface area contributed by atoms with Crippen LogP contribution in [-0.4, -0.2) is 49.3 Å². The summed E-state index contributed by atoms with van der Waals surface area (Å²) >= 11 is 0. The molecule has 2 aliphatic heterocycles. The molecule has 1 aromatic heterocycles. The van der Waals surface area contributed by atoms with Crippen molar-refractivity contribution in [1.29, 1.82) is 0 Å². The van der Waals surface area contributed by atoms with Gasteiger partial charge in [0.05, 0.1) is 12.6 Å². The highest BCUT2D eigenvalue weighted by Crippen LogP contribution is 2.31. The van der Waals surface area contributed by atoms with Gasteiger partial charge in [0, 0.05) is 37.7 Å². The van der Waals surface area contributed by atoms with Crippen LogP contribution in [0.15, 0.2) is 52.7 Å². The van der Waals surface area contributed by atoms with Gasteiger partial charge in [-0.25, -0.2) is 4.98 Å². The molecule has 0 amide bonds. The average molecular weight is 420 g/mol. The van der Waals surface area contributed by atoms with Crippen molar-refractivity contribution in [3.8, 4) is 0 Å². The molecule has 164 valence electrons. The fourth-order valence-corrected chi connectivity index (χ4v) is 4.59. The molecule has 6 nitrogen and oxygen atoms in total. The quantitative estimate of drug-likeness (QED) is 0.435. The smallest absolute Gasteiger partial charge is 0.128 e. The predicted molar refractivity (Wildman–Crippen MR) is 127 cm³/mol. The molecule has 6 heteroatoms.